The lowest BCUT2D eigenvalue weighted by atomic mass is 10.0. The fourth-order valence-corrected chi connectivity index (χ4v) is 3.05. The lowest BCUT2D eigenvalue weighted by Gasteiger charge is -2.09. The van der Waals surface area contributed by atoms with Crippen LogP contribution in [0.2, 0.25) is 0 Å². The first-order valence-electron chi connectivity index (χ1n) is 8.94. The third-order valence-corrected chi connectivity index (χ3v) is 4.55. The molecule has 0 amide bonds. The highest BCUT2D eigenvalue weighted by Crippen LogP contribution is 2.16. The molecule has 3 aromatic rings. The molecule has 0 unspecified atom stereocenters. The molecular weight excluding hydrogens is 340 g/mol. The summed E-state index contributed by atoms with van der Waals surface area (Å²) >= 11 is 0. The Bertz CT molecular complexity index is 1110. The maximum Gasteiger partial charge on any atom is 0.337 e. The van der Waals surface area contributed by atoms with Crippen LogP contribution in [-0.4, -0.2) is 20.5 Å². The largest absolute Gasteiger partial charge is 0.478 e. The molecule has 1 N–H and O–H groups in total. The number of aromatic carboxylic acids is 1. The zero-order valence-corrected chi connectivity index (χ0v) is 15.7. The van der Waals surface area contributed by atoms with Crippen molar-refractivity contribution in [2.45, 2.75) is 33.6 Å². The smallest absolute Gasteiger partial charge is 0.337 e. The summed E-state index contributed by atoms with van der Waals surface area (Å²) in [7, 11) is 0. The Balaban J connectivity index is 2.16. The van der Waals surface area contributed by atoms with Crippen molar-refractivity contribution in [1.82, 2.24) is 9.38 Å². The second-order valence-electron chi connectivity index (χ2n) is 6.68. The minimum Gasteiger partial charge on any atom is -0.478 e. The molecule has 27 heavy (non-hydrogen) atoms. The standard InChI is InChI=1S/C22H22N2O3/c1-4-5-18-19(10-8-16-12-14(2)6-7-15(16)3)23-20-11-9-17(22(26)27)13-24(20)21(18)25/h6-13H,4-5H2,1-3H3,(H,26,27). The zero-order chi connectivity index (χ0) is 19.6. The third kappa shape index (κ3) is 3.82. The highest BCUT2D eigenvalue weighted by atomic mass is 16.4. The van der Waals surface area contributed by atoms with Crippen LogP contribution in [0.4, 0.5) is 0 Å². The molecule has 0 aliphatic carbocycles. The highest BCUT2D eigenvalue weighted by molar-refractivity contribution is 5.87. The van der Waals surface area contributed by atoms with E-state index in [9.17, 15) is 14.7 Å². The summed E-state index contributed by atoms with van der Waals surface area (Å²) < 4.78 is 1.32. The first-order chi connectivity index (χ1) is 12.9. The number of carbonyl (C=O) groups is 1. The van der Waals surface area contributed by atoms with Gasteiger partial charge in [-0.05, 0) is 49.6 Å². The van der Waals surface area contributed by atoms with E-state index in [1.54, 1.807) is 6.07 Å². The number of carboxylic acids is 1. The monoisotopic (exact) mass is 362 g/mol. The predicted octanol–water partition coefficient (Wildman–Crippen LogP) is 4.13. The van der Waals surface area contributed by atoms with Gasteiger partial charge >= 0.3 is 5.97 Å². The van der Waals surface area contributed by atoms with Crippen molar-refractivity contribution >= 4 is 23.8 Å². The van der Waals surface area contributed by atoms with Gasteiger partial charge in [-0.1, -0.05) is 43.2 Å². The van der Waals surface area contributed by atoms with E-state index in [1.165, 1.54) is 22.2 Å². The van der Waals surface area contributed by atoms with Crippen molar-refractivity contribution < 1.29 is 9.90 Å². The molecule has 3 rings (SSSR count). The van der Waals surface area contributed by atoms with Crippen LogP contribution >= 0.6 is 0 Å². The number of rotatable bonds is 5. The van der Waals surface area contributed by atoms with Crippen LogP contribution in [0.1, 0.15) is 51.7 Å². The van der Waals surface area contributed by atoms with Crippen molar-refractivity contribution in [1.29, 1.82) is 0 Å². The van der Waals surface area contributed by atoms with E-state index in [1.807, 2.05) is 32.9 Å². The SMILES string of the molecule is CCCc1c(C=Cc2cc(C)ccc2C)nc2ccc(C(=O)O)cn2c1=O. The molecule has 0 aliphatic heterocycles. The predicted molar refractivity (Wildman–Crippen MR) is 107 cm³/mol. The average molecular weight is 362 g/mol. The van der Waals surface area contributed by atoms with Crippen LogP contribution in [0.5, 0.6) is 0 Å². The second kappa shape index (κ2) is 7.58. The lowest BCUT2D eigenvalue weighted by Crippen LogP contribution is -2.22. The fraction of sp³-hybridized carbons (Fsp3) is 0.227. The Morgan fingerprint density at radius 3 is 2.67 bits per heavy atom. The first-order valence-corrected chi connectivity index (χ1v) is 8.94. The number of pyridine rings is 1. The molecule has 2 aromatic heterocycles. The Kier molecular flexibility index (Phi) is 5.21. The van der Waals surface area contributed by atoms with E-state index in [4.69, 9.17) is 0 Å². The second-order valence-corrected chi connectivity index (χ2v) is 6.68. The Morgan fingerprint density at radius 1 is 1.19 bits per heavy atom. The number of aryl methyl sites for hydroxylation is 2. The van der Waals surface area contributed by atoms with Crippen LogP contribution in [0.15, 0.2) is 41.3 Å². The molecule has 0 fully saturated rings. The minimum atomic E-state index is -1.07. The van der Waals surface area contributed by atoms with Gasteiger partial charge in [0.25, 0.3) is 5.56 Å². The van der Waals surface area contributed by atoms with E-state index in [0.717, 1.165) is 17.5 Å². The van der Waals surface area contributed by atoms with Crippen molar-refractivity contribution in [3.63, 3.8) is 0 Å². The van der Waals surface area contributed by atoms with Gasteiger partial charge in [0.05, 0.1) is 11.3 Å². The summed E-state index contributed by atoms with van der Waals surface area (Å²) in [4.78, 5) is 28.8. The van der Waals surface area contributed by atoms with Crippen LogP contribution in [-0.2, 0) is 6.42 Å². The van der Waals surface area contributed by atoms with Crippen molar-refractivity contribution in [2.75, 3.05) is 0 Å². The van der Waals surface area contributed by atoms with E-state index in [-0.39, 0.29) is 11.1 Å². The molecule has 0 bridgehead atoms. The van der Waals surface area contributed by atoms with Crippen LogP contribution in [0, 0.1) is 13.8 Å². The fourth-order valence-electron chi connectivity index (χ4n) is 3.05. The van der Waals surface area contributed by atoms with E-state index >= 15 is 0 Å². The van der Waals surface area contributed by atoms with Crippen LogP contribution in [0.25, 0.3) is 17.8 Å². The molecule has 138 valence electrons. The molecule has 0 radical (unpaired) electrons. The number of benzene rings is 1. The first kappa shape index (κ1) is 18.6. The molecule has 1 aromatic carbocycles. The topological polar surface area (TPSA) is 71.7 Å². The maximum atomic E-state index is 12.9. The summed E-state index contributed by atoms with van der Waals surface area (Å²) in [5, 5.41) is 9.17. The summed E-state index contributed by atoms with van der Waals surface area (Å²) in [6.45, 7) is 6.09. The highest BCUT2D eigenvalue weighted by Gasteiger charge is 2.12. The lowest BCUT2D eigenvalue weighted by molar-refractivity contribution is 0.0696. The molecule has 0 atom stereocenters. The maximum absolute atomic E-state index is 12.9. The summed E-state index contributed by atoms with van der Waals surface area (Å²) in [5.74, 6) is -1.07. The van der Waals surface area contributed by atoms with E-state index < -0.39 is 5.97 Å². The number of aromatic nitrogens is 2. The summed E-state index contributed by atoms with van der Waals surface area (Å²) in [6.07, 6.45) is 6.57. The van der Waals surface area contributed by atoms with Crippen LogP contribution < -0.4 is 5.56 Å². The molecule has 0 saturated heterocycles. The molecule has 0 saturated carbocycles. The Morgan fingerprint density at radius 2 is 1.96 bits per heavy atom. The molecule has 5 nitrogen and oxygen atoms in total. The molecular formula is C22H22N2O3. The van der Waals surface area contributed by atoms with Gasteiger partial charge in [0.15, 0.2) is 0 Å². The molecule has 0 aliphatic rings. The Labute approximate surface area is 157 Å². The van der Waals surface area contributed by atoms with Gasteiger partial charge < -0.3 is 5.11 Å². The molecule has 0 spiro atoms. The number of hydrogen-bond acceptors (Lipinski definition) is 3. The number of nitrogens with zero attached hydrogens (tertiary/aromatic N) is 2. The number of hydrogen-bond donors (Lipinski definition) is 1. The normalized spacial score (nSPS) is 11.4. The van der Waals surface area contributed by atoms with Gasteiger partial charge in [-0.15, -0.1) is 0 Å². The molecule has 2 heterocycles. The van der Waals surface area contributed by atoms with E-state index in [2.05, 4.69) is 23.2 Å². The van der Waals surface area contributed by atoms with Crippen LogP contribution in [0.3, 0.4) is 0 Å². The van der Waals surface area contributed by atoms with Gasteiger partial charge in [0.2, 0.25) is 0 Å². The number of fused-ring (bicyclic) bond motifs is 1. The van der Waals surface area contributed by atoms with Gasteiger partial charge in [-0.2, -0.15) is 0 Å². The summed E-state index contributed by atoms with van der Waals surface area (Å²) in [6, 6.07) is 9.25. The number of carboxylic acid groups (broad SMARTS) is 1. The van der Waals surface area contributed by atoms with Crippen molar-refractivity contribution in [3.05, 3.63) is 80.4 Å². The summed E-state index contributed by atoms with van der Waals surface area (Å²) in [5.41, 5.74) is 4.91. The minimum absolute atomic E-state index is 0.0625. The van der Waals surface area contributed by atoms with Crippen molar-refractivity contribution in [2.24, 2.45) is 0 Å². The van der Waals surface area contributed by atoms with Gasteiger partial charge in [0.1, 0.15) is 5.65 Å². The molecule has 5 heteroatoms. The van der Waals surface area contributed by atoms with Crippen molar-refractivity contribution in [3.8, 4) is 0 Å². The quantitative estimate of drug-likeness (QED) is 0.741. The zero-order valence-electron chi connectivity index (χ0n) is 15.7. The van der Waals surface area contributed by atoms with E-state index in [0.29, 0.717) is 23.3 Å². The van der Waals surface area contributed by atoms with Gasteiger partial charge in [-0.25, -0.2) is 9.78 Å². The van der Waals surface area contributed by atoms with Gasteiger partial charge in [-0.3, -0.25) is 9.20 Å². The average Bonchev–Trinajstić information content (AvgIpc) is 2.64. The van der Waals surface area contributed by atoms with Gasteiger partial charge in [0, 0.05) is 11.8 Å². The third-order valence-electron chi connectivity index (χ3n) is 4.55. The Hall–Kier alpha value is -3.21.